The summed E-state index contributed by atoms with van der Waals surface area (Å²) < 4.78 is 9.61. The molecule has 5 aromatic rings. The van der Waals surface area contributed by atoms with Crippen molar-refractivity contribution in [2.45, 2.75) is 83.5 Å². The summed E-state index contributed by atoms with van der Waals surface area (Å²) in [6.45, 7) is 8.90. The standard InChI is InChI=1S/C44H52N8O6/c1-24(2)36(49-42(55)57-5)39(53)51-17-7-8-35(51)38-46-32-14-13-30(20-33(32)47-38)28-9-10-29-19-31(12-11-27(29)18-28)34-22-45-41(48-34)44-16-15-26(21-44)23-52(44)40(54)37(25(3)4)50-43(56)58-6/h9-14,18-20,22,24-26,35-37H,7-8,15-17,21,23H2,1-6H3,(H,45,48)(H,46,47)(H,49,55)(H,50,56). The van der Waals surface area contributed by atoms with E-state index >= 15 is 0 Å². The molecule has 3 aromatic carbocycles. The highest BCUT2D eigenvalue weighted by Crippen LogP contribution is 2.52. The Labute approximate surface area is 337 Å². The molecule has 304 valence electrons. The Balaban J connectivity index is 1.01. The second kappa shape index (κ2) is 15.4. The molecule has 14 nitrogen and oxygen atoms in total. The van der Waals surface area contributed by atoms with E-state index < -0.39 is 29.8 Å². The maximum absolute atomic E-state index is 14.0. The topological polar surface area (TPSA) is 175 Å². The van der Waals surface area contributed by atoms with E-state index in [0.717, 1.165) is 87.9 Å². The Morgan fingerprint density at radius 2 is 1.45 bits per heavy atom. The number of likely N-dealkylation sites (tertiary alicyclic amines) is 2. The molecule has 8 rings (SSSR count). The highest BCUT2D eigenvalue weighted by molar-refractivity contribution is 5.92. The molecule has 2 aliphatic heterocycles. The zero-order chi connectivity index (χ0) is 40.9. The molecule has 3 fully saturated rings. The van der Waals surface area contributed by atoms with Crippen molar-refractivity contribution in [3.05, 3.63) is 72.4 Å². The number of benzene rings is 3. The van der Waals surface area contributed by atoms with Gasteiger partial charge in [0, 0.05) is 18.7 Å². The molecule has 2 saturated heterocycles. The Morgan fingerprint density at radius 3 is 2.12 bits per heavy atom. The summed E-state index contributed by atoms with van der Waals surface area (Å²) in [7, 11) is 2.60. The molecule has 1 saturated carbocycles. The summed E-state index contributed by atoms with van der Waals surface area (Å²) in [5.74, 6) is 1.46. The van der Waals surface area contributed by atoms with Gasteiger partial charge in [0.25, 0.3) is 0 Å². The van der Waals surface area contributed by atoms with Crippen LogP contribution in [0.5, 0.6) is 0 Å². The number of aromatic nitrogens is 4. The van der Waals surface area contributed by atoms with Gasteiger partial charge in [-0.05, 0) is 96.0 Å². The van der Waals surface area contributed by atoms with Gasteiger partial charge in [0.05, 0.1) is 43.2 Å². The predicted octanol–water partition coefficient (Wildman–Crippen LogP) is 7.04. The Morgan fingerprint density at radius 1 is 0.810 bits per heavy atom. The van der Waals surface area contributed by atoms with Gasteiger partial charge in [-0.1, -0.05) is 58.0 Å². The van der Waals surface area contributed by atoms with Crippen LogP contribution in [0.3, 0.4) is 0 Å². The largest absolute Gasteiger partial charge is 0.453 e. The number of H-pyrrole nitrogens is 2. The van der Waals surface area contributed by atoms with Crippen molar-refractivity contribution in [1.82, 2.24) is 40.4 Å². The van der Waals surface area contributed by atoms with Crippen molar-refractivity contribution in [2.75, 3.05) is 27.3 Å². The number of carbonyl (C=O) groups is 4. The molecule has 4 N–H and O–H groups in total. The first-order chi connectivity index (χ1) is 27.9. The van der Waals surface area contributed by atoms with E-state index in [1.165, 1.54) is 14.2 Å². The summed E-state index contributed by atoms with van der Waals surface area (Å²) in [6, 6.07) is 17.4. The maximum atomic E-state index is 14.0. The molecule has 1 aliphatic carbocycles. The Bertz CT molecular complexity index is 2390. The molecule has 2 bridgehead atoms. The SMILES string of the molecule is COC(=O)NC(C(=O)N1CCCC1c1nc2ccc(-c3ccc4cc(-c5cnc(C67CCC(CN6C(=O)C(NC(=O)OC)C(C)C)C7)[nH]5)ccc4c3)cc2[nH]1)C(C)C. The van der Waals surface area contributed by atoms with Crippen LogP contribution in [0.25, 0.3) is 44.2 Å². The average Bonchev–Trinajstić information content (AvgIpc) is 4.08. The monoisotopic (exact) mass is 788 g/mol. The lowest BCUT2D eigenvalue weighted by molar-refractivity contribution is -0.140. The van der Waals surface area contributed by atoms with Gasteiger partial charge in [-0.2, -0.15) is 0 Å². The van der Waals surface area contributed by atoms with Gasteiger partial charge < -0.3 is 39.9 Å². The number of ether oxygens (including phenoxy) is 2. The van der Waals surface area contributed by atoms with E-state index in [-0.39, 0.29) is 29.7 Å². The van der Waals surface area contributed by atoms with Gasteiger partial charge >= 0.3 is 12.2 Å². The van der Waals surface area contributed by atoms with Crippen molar-refractivity contribution >= 4 is 45.8 Å². The van der Waals surface area contributed by atoms with Gasteiger partial charge in [0.1, 0.15) is 29.3 Å². The molecule has 58 heavy (non-hydrogen) atoms. The fraction of sp³-hybridized carbons (Fsp3) is 0.455. The third kappa shape index (κ3) is 7.02. The number of methoxy groups -OCH3 is 2. The van der Waals surface area contributed by atoms with Crippen LogP contribution in [0.1, 0.15) is 77.5 Å². The van der Waals surface area contributed by atoms with Gasteiger partial charge in [0.15, 0.2) is 0 Å². The van der Waals surface area contributed by atoms with Crippen LogP contribution in [0.2, 0.25) is 0 Å². The first kappa shape index (κ1) is 38.9. The normalized spacial score (nSPS) is 21.2. The molecular formula is C44H52N8O6. The number of imidazole rings is 2. The summed E-state index contributed by atoms with van der Waals surface area (Å²) in [5, 5.41) is 7.64. The van der Waals surface area contributed by atoms with E-state index in [9.17, 15) is 19.2 Å². The third-order valence-corrected chi connectivity index (χ3v) is 12.5. The van der Waals surface area contributed by atoms with Crippen molar-refractivity contribution in [3.8, 4) is 22.4 Å². The predicted molar refractivity (Wildman–Crippen MR) is 219 cm³/mol. The lowest BCUT2D eigenvalue weighted by atomic mass is 9.93. The van der Waals surface area contributed by atoms with E-state index in [0.29, 0.717) is 19.0 Å². The number of fused-ring (bicyclic) bond motifs is 4. The molecule has 4 heterocycles. The summed E-state index contributed by atoms with van der Waals surface area (Å²) >= 11 is 0. The molecule has 5 unspecified atom stereocenters. The molecular weight excluding hydrogens is 737 g/mol. The lowest BCUT2D eigenvalue weighted by Crippen LogP contribution is -2.56. The van der Waals surface area contributed by atoms with Crippen molar-refractivity contribution in [3.63, 3.8) is 0 Å². The first-order valence-electron chi connectivity index (χ1n) is 20.3. The molecule has 2 aromatic heterocycles. The fourth-order valence-corrected chi connectivity index (χ4v) is 9.33. The number of piperidine rings is 1. The quantitative estimate of drug-likeness (QED) is 0.117. The highest BCUT2D eigenvalue weighted by Gasteiger charge is 2.56. The number of aromatic amines is 2. The number of hydrogen-bond donors (Lipinski definition) is 4. The number of hydrogen-bond acceptors (Lipinski definition) is 8. The van der Waals surface area contributed by atoms with Crippen LogP contribution in [0.4, 0.5) is 9.59 Å². The molecule has 3 aliphatic rings. The number of nitrogens with zero attached hydrogens (tertiary/aromatic N) is 4. The zero-order valence-electron chi connectivity index (χ0n) is 33.9. The first-order valence-corrected chi connectivity index (χ1v) is 20.3. The van der Waals surface area contributed by atoms with Crippen LogP contribution in [-0.4, -0.2) is 93.1 Å². The minimum atomic E-state index is -0.693. The summed E-state index contributed by atoms with van der Waals surface area (Å²) in [5.41, 5.74) is 5.16. The van der Waals surface area contributed by atoms with Gasteiger partial charge in [-0.25, -0.2) is 19.6 Å². The molecule has 14 heteroatoms. The fourth-order valence-electron chi connectivity index (χ4n) is 9.33. The number of rotatable bonds is 10. The van der Waals surface area contributed by atoms with Gasteiger partial charge in [-0.15, -0.1) is 0 Å². The van der Waals surface area contributed by atoms with Crippen molar-refractivity contribution in [2.24, 2.45) is 17.8 Å². The Kier molecular flexibility index (Phi) is 10.4. The zero-order valence-corrected chi connectivity index (χ0v) is 33.9. The minimum absolute atomic E-state index is 0.104. The maximum Gasteiger partial charge on any atom is 0.407 e. The number of alkyl carbamates (subject to hydrolysis) is 2. The van der Waals surface area contributed by atoms with Crippen molar-refractivity contribution < 1.29 is 28.7 Å². The van der Waals surface area contributed by atoms with E-state index in [4.69, 9.17) is 19.4 Å². The summed E-state index contributed by atoms with van der Waals surface area (Å²) in [6.07, 6.45) is 4.94. The lowest BCUT2D eigenvalue weighted by Gasteiger charge is -2.40. The van der Waals surface area contributed by atoms with Crippen LogP contribution < -0.4 is 10.6 Å². The van der Waals surface area contributed by atoms with Crippen LogP contribution in [-0.2, 0) is 24.6 Å². The second-order valence-corrected chi connectivity index (χ2v) is 16.8. The molecule has 4 amide bonds. The number of nitrogens with one attached hydrogen (secondary N) is 4. The smallest absolute Gasteiger partial charge is 0.407 e. The average molecular weight is 789 g/mol. The van der Waals surface area contributed by atoms with E-state index in [2.05, 4.69) is 69.1 Å². The highest BCUT2D eigenvalue weighted by atomic mass is 16.5. The molecule has 0 spiro atoms. The molecule has 5 atom stereocenters. The third-order valence-electron chi connectivity index (χ3n) is 12.5. The summed E-state index contributed by atoms with van der Waals surface area (Å²) in [4.78, 5) is 72.4. The van der Waals surface area contributed by atoms with Crippen LogP contribution >= 0.6 is 0 Å². The number of carbonyl (C=O) groups excluding carboxylic acids is 4. The number of amides is 4. The van der Waals surface area contributed by atoms with Gasteiger partial charge in [-0.3, -0.25) is 9.59 Å². The van der Waals surface area contributed by atoms with E-state index in [1.807, 2.05) is 49.8 Å². The molecule has 0 radical (unpaired) electrons. The van der Waals surface area contributed by atoms with Crippen molar-refractivity contribution in [1.29, 1.82) is 0 Å². The van der Waals surface area contributed by atoms with E-state index in [1.54, 1.807) is 0 Å². The van der Waals surface area contributed by atoms with Gasteiger partial charge in [0.2, 0.25) is 11.8 Å². The van der Waals surface area contributed by atoms with Crippen LogP contribution in [0, 0.1) is 17.8 Å². The van der Waals surface area contributed by atoms with Crippen LogP contribution in [0.15, 0.2) is 60.8 Å². The second-order valence-electron chi connectivity index (χ2n) is 16.8. The Hall–Kier alpha value is -5.92. The minimum Gasteiger partial charge on any atom is -0.453 e.